The zero-order valence-corrected chi connectivity index (χ0v) is 12.9. The molecule has 2 atom stereocenters. The van der Waals surface area contributed by atoms with Crippen LogP contribution in [0, 0.1) is 0 Å². The molecule has 0 aromatic heterocycles. The summed E-state index contributed by atoms with van der Waals surface area (Å²) in [5.74, 6) is 0. The number of nitrogens with one attached hydrogen (secondary N) is 1. The predicted molar refractivity (Wildman–Crippen MR) is 80.0 cm³/mol. The molecule has 0 saturated carbocycles. The Morgan fingerprint density at radius 3 is 2.83 bits per heavy atom. The van der Waals surface area contributed by atoms with E-state index in [4.69, 9.17) is 17.0 Å². The second kappa shape index (κ2) is 7.92. The molecule has 106 valence electrons. The van der Waals surface area contributed by atoms with Gasteiger partial charge in [0.1, 0.15) is 0 Å². The number of rotatable bonds is 4. The molecule has 1 rings (SSSR count). The Labute approximate surface area is 117 Å². The Hall–Kier alpha value is -0.390. The summed E-state index contributed by atoms with van der Waals surface area (Å²) in [6.07, 6.45) is 2.30. The number of thiocarbonyl (C=S) groups is 1. The molecule has 2 unspecified atom stereocenters. The minimum atomic E-state index is 0.265. The fourth-order valence-electron chi connectivity index (χ4n) is 2.45. The highest BCUT2D eigenvalue weighted by Crippen LogP contribution is 2.12. The maximum Gasteiger partial charge on any atom is 0.169 e. The van der Waals surface area contributed by atoms with Crippen molar-refractivity contribution in [1.29, 1.82) is 0 Å². The Bertz CT molecular complexity index is 263. The number of ether oxygens (including phenoxy) is 1. The topological polar surface area (TPSA) is 27.7 Å². The molecule has 0 bridgehead atoms. The van der Waals surface area contributed by atoms with Gasteiger partial charge in [0, 0.05) is 32.3 Å². The van der Waals surface area contributed by atoms with Crippen molar-refractivity contribution in [1.82, 2.24) is 15.1 Å². The summed E-state index contributed by atoms with van der Waals surface area (Å²) in [5, 5.41) is 4.25. The van der Waals surface area contributed by atoms with Crippen molar-refractivity contribution < 1.29 is 4.74 Å². The number of hydrogen-bond donors (Lipinski definition) is 1. The van der Waals surface area contributed by atoms with E-state index in [1.165, 1.54) is 6.42 Å². The van der Waals surface area contributed by atoms with E-state index in [1.807, 2.05) is 0 Å². The van der Waals surface area contributed by atoms with Gasteiger partial charge in [0.25, 0.3) is 0 Å². The largest absolute Gasteiger partial charge is 0.383 e. The van der Waals surface area contributed by atoms with Crippen molar-refractivity contribution in [3.63, 3.8) is 0 Å². The second-order valence-electron chi connectivity index (χ2n) is 5.18. The van der Waals surface area contributed by atoms with Crippen molar-refractivity contribution in [2.75, 3.05) is 40.4 Å². The van der Waals surface area contributed by atoms with Gasteiger partial charge in [0.2, 0.25) is 0 Å². The lowest BCUT2D eigenvalue weighted by atomic mass is 10.2. The molecule has 5 heteroatoms. The van der Waals surface area contributed by atoms with E-state index in [2.05, 4.69) is 36.0 Å². The summed E-state index contributed by atoms with van der Waals surface area (Å²) in [5.41, 5.74) is 0. The molecule has 0 aliphatic carbocycles. The first-order chi connectivity index (χ1) is 8.58. The van der Waals surface area contributed by atoms with Gasteiger partial charge in [0.15, 0.2) is 5.11 Å². The highest BCUT2D eigenvalue weighted by Gasteiger charge is 2.24. The first-order valence-corrected chi connectivity index (χ1v) is 7.23. The lowest BCUT2D eigenvalue weighted by Gasteiger charge is -2.33. The average Bonchev–Trinajstić information content (AvgIpc) is 2.50. The third-order valence-electron chi connectivity index (χ3n) is 3.42. The quantitative estimate of drug-likeness (QED) is 0.780. The van der Waals surface area contributed by atoms with E-state index in [9.17, 15) is 0 Å². The third-order valence-corrected chi connectivity index (χ3v) is 3.77. The van der Waals surface area contributed by atoms with Gasteiger partial charge in [0.05, 0.1) is 6.61 Å². The van der Waals surface area contributed by atoms with Crippen LogP contribution in [0.2, 0.25) is 0 Å². The molecular weight excluding hydrogens is 246 g/mol. The molecule has 0 aromatic carbocycles. The Morgan fingerprint density at radius 2 is 2.22 bits per heavy atom. The van der Waals surface area contributed by atoms with Gasteiger partial charge in [-0.25, -0.2) is 0 Å². The summed E-state index contributed by atoms with van der Waals surface area (Å²) in [7, 11) is 3.91. The van der Waals surface area contributed by atoms with Crippen LogP contribution in [0.5, 0.6) is 0 Å². The molecule has 1 aliphatic rings. The van der Waals surface area contributed by atoms with E-state index >= 15 is 0 Å². The van der Waals surface area contributed by atoms with Gasteiger partial charge in [-0.05, 0) is 45.6 Å². The molecule has 1 heterocycles. The molecule has 18 heavy (non-hydrogen) atoms. The highest BCUT2D eigenvalue weighted by molar-refractivity contribution is 7.80. The standard InChI is InChI=1S/C13H27N3OS/c1-5-12-9-15(3)7-6-8-16(12)13(18)14-11(2)10-17-4/h11-12H,5-10H2,1-4H3,(H,14,18). The van der Waals surface area contributed by atoms with Crippen LogP contribution in [0.15, 0.2) is 0 Å². The van der Waals surface area contributed by atoms with E-state index in [0.717, 1.165) is 31.2 Å². The van der Waals surface area contributed by atoms with Gasteiger partial charge in [-0.2, -0.15) is 0 Å². The second-order valence-corrected chi connectivity index (χ2v) is 5.56. The first-order valence-electron chi connectivity index (χ1n) is 6.83. The smallest absolute Gasteiger partial charge is 0.169 e. The molecule has 0 amide bonds. The minimum Gasteiger partial charge on any atom is -0.383 e. The van der Waals surface area contributed by atoms with Crippen LogP contribution in [0.3, 0.4) is 0 Å². The van der Waals surface area contributed by atoms with Crippen molar-refractivity contribution in [3.8, 4) is 0 Å². The zero-order valence-electron chi connectivity index (χ0n) is 12.1. The van der Waals surface area contributed by atoms with Gasteiger partial charge < -0.3 is 19.9 Å². The fourth-order valence-corrected chi connectivity index (χ4v) is 2.89. The van der Waals surface area contributed by atoms with Gasteiger partial charge >= 0.3 is 0 Å². The van der Waals surface area contributed by atoms with Gasteiger partial charge in [-0.1, -0.05) is 6.92 Å². The molecular formula is C13H27N3OS. The summed E-state index contributed by atoms with van der Waals surface area (Å²) < 4.78 is 5.14. The van der Waals surface area contributed by atoms with E-state index in [1.54, 1.807) is 7.11 Å². The molecule has 0 radical (unpaired) electrons. The predicted octanol–water partition coefficient (Wildman–Crippen LogP) is 1.31. The molecule has 4 nitrogen and oxygen atoms in total. The average molecular weight is 273 g/mol. The lowest BCUT2D eigenvalue weighted by molar-refractivity contribution is 0.176. The number of methoxy groups -OCH3 is 1. The zero-order chi connectivity index (χ0) is 13.5. The van der Waals surface area contributed by atoms with Crippen LogP contribution < -0.4 is 5.32 Å². The Balaban J connectivity index is 2.57. The van der Waals surface area contributed by atoms with Crippen LogP contribution >= 0.6 is 12.2 Å². The Kier molecular flexibility index (Phi) is 6.89. The first kappa shape index (κ1) is 15.7. The summed E-state index contributed by atoms with van der Waals surface area (Å²) >= 11 is 5.55. The fraction of sp³-hybridized carbons (Fsp3) is 0.923. The summed E-state index contributed by atoms with van der Waals surface area (Å²) in [6.45, 7) is 8.32. The normalized spacial score (nSPS) is 23.6. The van der Waals surface area contributed by atoms with Crippen LogP contribution in [0.4, 0.5) is 0 Å². The summed E-state index contributed by atoms with van der Waals surface area (Å²) in [4.78, 5) is 4.75. The van der Waals surface area contributed by atoms with E-state index < -0.39 is 0 Å². The van der Waals surface area contributed by atoms with Crippen molar-refractivity contribution >= 4 is 17.3 Å². The maximum atomic E-state index is 5.55. The lowest BCUT2D eigenvalue weighted by Crippen LogP contribution is -2.50. The van der Waals surface area contributed by atoms with Gasteiger partial charge in [-0.3, -0.25) is 0 Å². The van der Waals surface area contributed by atoms with Crippen LogP contribution in [-0.2, 0) is 4.74 Å². The van der Waals surface area contributed by atoms with Crippen molar-refractivity contribution in [3.05, 3.63) is 0 Å². The summed E-state index contributed by atoms with van der Waals surface area (Å²) in [6, 6.07) is 0.785. The van der Waals surface area contributed by atoms with Crippen molar-refractivity contribution in [2.45, 2.75) is 38.8 Å². The monoisotopic (exact) mass is 273 g/mol. The number of nitrogens with zero attached hydrogens (tertiary/aromatic N) is 2. The minimum absolute atomic E-state index is 0.265. The van der Waals surface area contributed by atoms with E-state index in [0.29, 0.717) is 12.6 Å². The van der Waals surface area contributed by atoms with Crippen molar-refractivity contribution in [2.24, 2.45) is 0 Å². The number of likely N-dealkylation sites (N-methyl/N-ethyl adjacent to an activating group) is 1. The number of hydrogen-bond acceptors (Lipinski definition) is 3. The third kappa shape index (κ3) is 4.71. The molecule has 1 aliphatic heterocycles. The SMILES string of the molecule is CCC1CN(C)CCCN1C(=S)NC(C)COC. The van der Waals surface area contributed by atoms with Crippen LogP contribution in [0.1, 0.15) is 26.7 Å². The van der Waals surface area contributed by atoms with E-state index in [-0.39, 0.29) is 6.04 Å². The molecule has 1 N–H and O–H groups in total. The molecule has 1 saturated heterocycles. The van der Waals surface area contributed by atoms with Gasteiger partial charge in [-0.15, -0.1) is 0 Å². The van der Waals surface area contributed by atoms with Crippen LogP contribution in [0.25, 0.3) is 0 Å². The maximum absolute atomic E-state index is 5.55. The van der Waals surface area contributed by atoms with Crippen LogP contribution in [-0.4, -0.2) is 67.4 Å². The molecule has 1 fully saturated rings. The molecule has 0 spiro atoms. The molecule has 0 aromatic rings. The highest BCUT2D eigenvalue weighted by atomic mass is 32.1. The Morgan fingerprint density at radius 1 is 1.50 bits per heavy atom.